The van der Waals surface area contributed by atoms with Crippen LogP contribution < -0.4 is 29.6 Å². The molecule has 0 atom stereocenters. The van der Waals surface area contributed by atoms with Crippen LogP contribution in [0.3, 0.4) is 0 Å². The van der Waals surface area contributed by atoms with E-state index in [0.29, 0.717) is 0 Å². The molecule has 0 spiro atoms. The Bertz CT molecular complexity index is 451. The molecule has 1 aromatic rings. The number of hydrogen-bond donors (Lipinski definition) is 1. The van der Waals surface area contributed by atoms with Gasteiger partial charge in [0.15, 0.2) is 0 Å². The number of rotatable bonds is 1. The van der Waals surface area contributed by atoms with Gasteiger partial charge in [0, 0.05) is 5.02 Å². The van der Waals surface area contributed by atoms with E-state index >= 15 is 0 Å². The van der Waals surface area contributed by atoms with Crippen LogP contribution in [0.4, 0.5) is 0 Å². The van der Waals surface area contributed by atoms with E-state index < -0.39 is 15.0 Å². The fraction of sp³-hybridized carbons (Fsp3) is 0. The Morgan fingerprint density at radius 1 is 1.21 bits per heavy atom. The van der Waals surface area contributed by atoms with Gasteiger partial charge in [0.25, 0.3) is 10.1 Å². The molecule has 0 aliphatic carbocycles. The van der Waals surface area contributed by atoms with Crippen LogP contribution in [-0.4, -0.2) is 13.0 Å². The minimum Gasteiger partial charge on any atom is -1.00 e. The van der Waals surface area contributed by atoms with Crippen molar-refractivity contribution in [2.45, 2.75) is 4.90 Å². The first-order valence-electron chi connectivity index (χ1n) is 2.94. The summed E-state index contributed by atoms with van der Waals surface area (Å²) >= 11 is 16.6. The van der Waals surface area contributed by atoms with Crippen LogP contribution in [0.2, 0.25) is 15.1 Å². The zero-order valence-electron chi connectivity index (χ0n) is 7.96. The second-order valence-corrected chi connectivity index (χ2v) is 4.79. The third-order valence-electron chi connectivity index (χ3n) is 1.24. The van der Waals surface area contributed by atoms with Crippen LogP contribution in [0, 0.1) is 0 Å². The summed E-state index contributed by atoms with van der Waals surface area (Å²) in [7, 11) is -4.38. The number of hydrogen-bond acceptors (Lipinski definition) is 2. The van der Waals surface area contributed by atoms with Crippen LogP contribution in [0.15, 0.2) is 17.0 Å². The van der Waals surface area contributed by atoms with E-state index in [9.17, 15) is 8.42 Å². The van der Waals surface area contributed by atoms with Crippen molar-refractivity contribution in [2.24, 2.45) is 0 Å². The fourth-order valence-corrected chi connectivity index (χ4v) is 2.35. The average Bonchev–Trinajstić information content (AvgIpc) is 1.94. The molecule has 0 saturated carbocycles. The van der Waals surface area contributed by atoms with E-state index in [0.717, 1.165) is 6.07 Å². The van der Waals surface area contributed by atoms with Gasteiger partial charge in [-0.05, 0) is 12.1 Å². The molecule has 1 rings (SSSR count). The summed E-state index contributed by atoms with van der Waals surface area (Å²) in [6.07, 6.45) is 0. The summed E-state index contributed by atoms with van der Waals surface area (Å²) in [5.41, 5.74) is 0. The van der Waals surface area contributed by atoms with Gasteiger partial charge in [0.1, 0.15) is 4.90 Å². The molecule has 0 bridgehead atoms. The normalized spacial score (nSPS) is 10.9. The Balaban J connectivity index is 0. The Kier molecular flexibility index (Phi) is 5.75. The molecule has 0 fully saturated rings. The zero-order valence-corrected chi connectivity index (χ0v) is 12.0. The summed E-state index contributed by atoms with van der Waals surface area (Å²) in [5, 5.41) is -0.183. The zero-order chi connectivity index (χ0) is 10.2. The van der Waals surface area contributed by atoms with Gasteiger partial charge in [0.05, 0.1) is 10.0 Å². The van der Waals surface area contributed by atoms with Gasteiger partial charge in [-0.3, -0.25) is 4.55 Å². The van der Waals surface area contributed by atoms with Crippen LogP contribution >= 0.6 is 34.8 Å². The van der Waals surface area contributed by atoms with Gasteiger partial charge in [-0.1, -0.05) is 34.8 Å². The van der Waals surface area contributed by atoms with Gasteiger partial charge >= 0.3 is 29.6 Å². The molecule has 8 heteroatoms. The predicted molar refractivity (Wildman–Crippen MR) is 52.4 cm³/mol. The Morgan fingerprint density at radius 3 is 2.14 bits per heavy atom. The van der Waals surface area contributed by atoms with Gasteiger partial charge < -0.3 is 1.43 Å². The first-order chi connectivity index (χ1) is 5.82. The van der Waals surface area contributed by atoms with Crippen molar-refractivity contribution < 1.29 is 44.0 Å². The monoisotopic (exact) mass is 284 g/mol. The minimum absolute atomic E-state index is 0. The maximum absolute atomic E-state index is 10.7. The van der Waals surface area contributed by atoms with Crippen molar-refractivity contribution in [1.82, 2.24) is 0 Å². The Labute approximate surface area is 120 Å². The van der Waals surface area contributed by atoms with Gasteiger partial charge in [-0.15, -0.1) is 0 Å². The maximum atomic E-state index is 10.7. The van der Waals surface area contributed by atoms with E-state index in [4.69, 9.17) is 39.4 Å². The molecule has 0 unspecified atom stereocenters. The van der Waals surface area contributed by atoms with Crippen LogP contribution in [0.1, 0.15) is 1.43 Å². The molecule has 3 nitrogen and oxygen atoms in total. The molecule has 0 aliphatic rings. The second-order valence-electron chi connectivity index (χ2n) is 2.17. The minimum atomic E-state index is -4.38. The van der Waals surface area contributed by atoms with Crippen molar-refractivity contribution >= 4 is 44.9 Å². The molecule has 0 aromatic heterocycles. The smallest absolute Gasteiger partial charge is 1.00 e. The second kappa shape index (κ2) is 5.37. The Hall–Kier alpha value is 1.000. The fourth-order valence-electron chi connectivity index (χ4n) is 0.720. The van der Waals surface area contributed by atoms with Crippen LogP contribution in [0.25, 0.3) is 0 Å². The van der Waals surface area contributed by atoms with Crippen molar-refractivity contribution in [3.8, 4) is 0 Å². The van der Waals surface area contributed by atoms with Crippen molar-refractivity contribution in [2.75, 3.05) is 0 Å². The first kappa shape index (κ1) is 15.0. The molecule has 0 amide bonds. The van der Waals surface area contributed by atoms with E-state index in [2.05, 4.69) is 0 Å². The van der Waals surface area contributed by atoms with E-state index in [1.807, 2.05) is 0 Å². The van der Waals surface area contributed by atoms with E-state index in [-0.39, 0.29) is 46.1 Å². The molecule has 14 heavy (non-hydrogen) atoms. The molecule has 1 aromatic carbocycles. The molecule has 0 heterocycles. The molecule has 0 aliphatic heterocycles. The largest absolute Gasteiger partial charge is 1.00 e. The third kappa shape index (κ3) is 3.54. The van der Waals surface area contributed by atoms with Crippen molar-refractivity contribution in [3.05, 3.63) is 27.2 Å². The SMILES string of the molecule is O=S(=O)(O)c1cc(Cl)cc(Cl)c1Cl.[H-].[Na+]. The number of benzene rings is 1. The molecule has 0 saturated heterocycles. The van der Waals surface area contributed by atoms with E-state index in [1.54, 1.807) is 0 Å². The van der Waals surface area contributed by atoms with Crippen LogP contribution in [0.5, 0.6) is 0 Å². The third-order valence-corrected chi connectivity index (χ3v) is 3.25. The number of halogens is 3. The molecular formula is C6H4Cl3NaO3S. The van der Waals surface area contributed by atoms with Crippen LogP contribution in [-0.2, 0) is 10.1 Å². The van der Waals surface area contributed by atoms with Gasteiger partial charge in [-0.25, -0.2) is 0 Å². The van der Waals surface area contributed by atoms with Gasteiger partial charge in [0.2, 0.25) is 0 Å². The standard InChI is InChI=1S/C6H3Cl3O3S.Na.H/c7-3-1-4(8)6(9)5(2-3)13(10,11)12;;/h1-2H,(H,10,11,12);;/q;+1;-1. The molecule has 0 radical (unpaired) electrons. The van der Waals surface area contributed by atoms with E-state index in [1.165, 1.54) is 6.07 Å². The van der Waals surface area contributed by atoms with Crippen molar-refractivity contribution in [3.63, 3.8) is 0 Å². The summed E-state index contributed by atoms with van der Waals surface area (Å²) in [5.74, 6) is 0. The quantitative estimate of drug-likeness (QED) is 0.449. The first-order valence-corrected chi connectivity index (χ1v) is 5.52. The van der Waals surface area contributed by atoms with Gasteiger partial charge in [-0.2, -0.15) is 8.42 Å². The predicted octanol–water partition coefficient (Wildman–Crippen LogP) is 0.01000. The average molecular weight is 286 g/mol. The summed E-state index contributed by atoms with van der Waals surface area (Å²) in [4.78, 5) is -0.494. The summed E-state index contributed by atoms with van der Waals surface area (Å²) in [6.45, 7) is 0. The van der Waals surface area contributed by atoms with Crippen molar-refractivity contribution in [1.29, 1.82) is 0 Å². The summed E-state index contributed by atoms with van der Waals surface area (Å²) < 4.78 is 30.1. The topological polar surface area (TPSA) is 54.4 Å². The molecule has 1 N–H and O–H groups in total. The molecular weight excluding hydrogens is 281 g/mol. The molecule has 74 valence electrons. The maximum Gasteiger partial charge on any atom is 1.00 e. The summed E-state index contributed by atoms with van der Waals surface area (Å²) in [6, 6.07) is 2.30. The Morgan fingerprint density at radius 2 is 1.71 bits per heavy atom.